The van der Waals surface area contributed by atoms with Crippen molar-refractivity contribution in [3.8, 4) is 0 Å². The highest BCUT2D eigenvalue weighted by Crippen LogP contribution is 2.16. The average molecular weight is 293 g/mol. The van der Waals surface area contributed by atoms with Crippen LogP contribution in [0.5, 0.6) is 0 Å². The highest BCUT2D eigenvalue weighted by Gasteiger charge is 2.10. The van der Waals surface area contributed by atoms with Crippen LogP contribution in [0.4, 0.5) is 18.9 Å². The van der Waals surface area contributed by atoms with Gasteiger partial charge in [0.25, 0.3) is 0 Å². The summed E-state index contributed by atoms with van der Waals surface area (Å²) in [4.78, 5) is 0. The fourth-order valence-corrected chi connectivity index (χ4v) is 2.08. The van der Waals surface area contributed by atoms with Crippen LogP contribution in [0.2, 0.25) is 0 Å². The minimum absolute atomic E-state index is 0.239. The van der Waals surface area contributed by atoms with Crippen LogP contribution in [0.15, 0.2) is 36.4 Å². The third kappa shape index (κ3) is 4.25. The average Bonchev–Trinajstić information content (AvgIpc) is 2.49. The predicted molar refractivity (Wildman–Crippen MR) is 78.7 cm³/mol. The van der Waals surface area contributed by atoms with Crippen molar-refractivity contribution in [2.45, 2.75) is 32.7 Å². The van der Waals surface area contributed by atoms with E-state index >= 15 is 0 Å². The molecule has 4 heteroatoms. The van der Waals surface area contributed by atoms with E-state index in [1.54, 1.807) is 0 Å². The van der Waals surface area contributed by atoms with Crippen molar-refractivity contribution in [3.05, 3.63) is 65.0 Å². The fraction of sp³-hybridized carbons (Fsp3) is 0.294. The van der Waals surface area contributed by atoms with Gasteiger partial charge < -0.3 is 5.32 Å². The summed E-state index contributed by atoms with van der Waals surface area (Å²) in [6, 6.07) is 9.93. The molecular weight excluding hydrogens is 275 g/mol. The van der Waals surface area contributed by atoms with Crippen molar-refractivity contribution in [3.63, 3.8) is 0 Å². The van der Waals surface area contributed by atoms with Gasteiger partial charge in [0.15, 0.2) is 17.5 Å². The number of anilines is 1. The lowest BCUT2D eigenvalue weighted by molar-refractivity contribution is 0.445. The van der Waals surface area contributed by atoms with Gasteiger partial charge in [0.05, 0.1) is 0 Å². The van der Waals surface area contributed by atoms with E-state index in [1.165, 1.54) is 5.56 Å². The number of unbranched alkanes of at least 4 members (excludes halogenated alkanes) is 1. The third-order valence-corrected chi connectivity index (χ3v) is 3.31. The van der Waals surface area contributed by atoms with Gasteiger partial charge in [0.2, 0.25) is 0 Å². The second-order valence-electron chi connectivity index (χ2n) is 5.03. The van der Waals surface area contributed by atoms with Gasteiger partial charge in [-0.15, -0.1) is 0 Å². The summed E-state index contributed by atoms with van der Waals surface area (Å²) >= 11 is 0. The Bertz CT molecular complexity index is 570. The molecule has 0 spiro atoms. The molecule has 21 heavy (non-hydrogen) atoms. The largest absolute Gasteiger partial charge is 0.381 e. The minimum Gasteiger partial charge on any atom is -0.381 e. The Labute approximate surface area is 122 Å². The van der Waals surface area contributed by atoms with E-state index in [0.717, 1.165) is 37.1 Å². The topological polar surface area (TPSA) is 12.0 Å². The molecule has 112 valence electrons. The smallest absolute Gasteiger partial charge is 0.194 e. The molecule has 0 unspecified atom stereocenters. The molecule has 2 aromatic carbocycles. The monoisotopic (exact) mass is 293 g/mol. The lowest BCUT2D eigenvalue weighted by Gasteiger charge is -2.08. The highest BCUT2D eigenvalue weighted by molar-refractivity contribution is 5.45. The molecule has 0 saturated heterocycles. The number of aryl methyl sites for hydroxylation is 1. The minimum atomic E-state index is -1.43. The lowest BCUT2D eigenvalue weighted by Crippen LogP contribution is -2.02. The summed E-state index contributed by atoms with van der Waals surface area (Å²) in [6.45, 7) is 2.39. The molecule has 0 amide bonds. The van der Waals surface area contributed by atoms with E-state index in [-0.39, 0.29) is 6.54 Å². The molecule has 0 aliphatic heterocycles. The van der Waals surface area contributed by atoms with Gasteiger partial charge in [0, 0.05) is 12.2 Å². The zero-order chi connectivity index (χ0) is 15.2. The maximum absolute atomic E-state index is 13.1. The van der Waals surface area contributed by atoms with Gasteiger partial charge in [-0.2, -0.15) is 0 Å². The standard InChI is InChI=1S/C17H18F3N/c1-2-3-4-12-5-7-14(8-6-12)21-11-13-9-15(18)17(20)16(19)10-13/h5-10,21H,2-4,11H2,1H3. The van der Waals surface area contributed by atoms with Crippen molar-refractivity contribution in [1.29, 1.82) is 0 Å². The zero-order valence-electron chi connectivity index (χ0n) is 11.9. The van der Waals surface area contributed by atoms with Gasteiger partial charge in [-0.05, 0) is 48.2 Å². The van der Waals surface area contributed by atoms with Gasteiger partial charge in [0.1, 0.15) is 0 Å². The Morgan fingerprint density at radius 1 is 0.905 bits per heavy atom. The normalized spacial score (nSPS) is 10.7. The van der Waals surface area contributed by atoms with Crippen LogP contribution in [-0.2, 0) is 13.0 Å². The molecule has 1 nitrogen and oxygen atoms in total. The second kappa shape index (κ2) is 7.16. The van der Waals surface area contributed by atoms with Crippen LogP contribution in [-0.4, -0.2) is 0 Å². The summed E-state index contributed by atoms with van der Waals surface area (Å²) in [5.74, 6) is -3.76. The highest BCUT2D eigenvalue weighted by atomic mass is 19.2. The van der Waals surface area contributed by atoms with Gasteiger partial charge in [-0.25, -0.2) is 13.2 Å². The first-order chi connectivity index (χ1) is 10.1. The fourth-order valence-electron chi connectivity index (χ4n) is 2.08. The van der Waals surface area contributed by atoms with E-state index in [4.69, 9.17) is 0 Å². The van der Waals surface area contributed by atoms with Gasteiger partial charge in [-0.1, -0.05) is 25.5 Å². The summed E-state index contributed by atoms with van der Waals surface area (Å²) in [6.07, 6.45) is 3.35. The molecular formula is C17H18F3N. The SMILES string of the molecule is CCCCc1ccc(NCc2cc(F)c(F)c(F)c2)cc1. The number of nitrogens with one attached hydrogen (secondary N) is 1. The van der Waals surface area contributed by atoms with Crippen molar-refractivity contribution >= 4 is 5.69 Å². The Morgan fingerprint density at radius 3 is 2.10 bits per heavy atom. The Hall–Kier alpha value is -1.97. The molecule has 2 aromatic rings. The van der Waals surface area contributed by atoms with Crippen LogP contribution in [0.25, 0.3) is 0 Å². The molecule has 1 N–H and O–H groups in total. The molecule has 0 atom stereocenters. The first-order valence-corrected chi connectivity index (χ1v) is 7.06. The predicted octanol–water partition coefficient (Wildman–Crippen LogP) is 5.06. The summed E-state index contributed by atoms with van der Waals surface area (Å²) in [5.41, 5.74) is 2.49. The molecule has 0 saturated carbocycles. The third-order valence-electron chi connectivity index (χ3n) is 3.31. The first-order valence-electron chi connectivity index (χ1n) is 7.06. The van der Waals surface area contributed by atoms with Crippen LogP contribution in [0.3, 0.4) is 0 Å². The van der Waals surface area contributed by atoms with Crippen molar-refractivity contribution < 1.29 is 13.2 Å². The van der Waals surface area contributed by atoms with Crippen molar-refractivity contribution in [2.75, 3.05) is 5.32 Å². The van der Waals surface area contributed by atoms with E-state index in [1.807, 2.05) is 24.3 Å². The summed E-state index contributed by atoms with van der Waals surface area (Å²) < 4.78 is 39.0. The van der Waals surface area contributed by atoms with Crippen LogP contribution >= 0.6 is 0 Å². The number of benzene rings is 2. The van der Waals surface area contributed by atoms with Crippen LogP contribution in [0, 0.1) is 17.5 Å². The summed E-state index contributed by atoms with van der Waals surface area (Å²) in [7, 11) is 0. The molecule has 0 aromatic heterocycles. The van der Waals surface area contributed by atoms with Crippen molar-refractivity contribution in [2.24, 2.45) is 0 Å². The number of hydrogen-bond acceptors (Lipinski definition) is 1. The van der Waals surface area contributed by atoms with Gasteiger partial charge >= 0.3 is 0 Å². The lowest BCUT2D eigenvalue weighted by atomic mass is 10.1. The maximum Gasteiger partial charge on any atom is 0.194 e. The number of hydrogen-bond donors (Lipinski definition) is 1. The Kier molecular flexibility index (Phi) is 5.26. The molecule has 2 rings (SSSR count). The molecule has 0 aliphatic carbocycles. The van der Waals surface area contributed by atoms with E-state index in [9.17, 15) is 13.2 Å². The quantitative estimate of drug-likeness (QED) is 0.734. The van der Waals surface area contributed by atoms with E-state index in [0.29, 0.717) is 5.56 Å². The first kappa shape index (κ1) is 15.4. The molecule has 0 heterocycles. The zero-order valence-corrected chi connectivity index (χ0v) is 11.9. The second-order valence-corrected chi connectivity index (χ2v) is 5.03. The van der Waals surface area contributed by atoms with Crippen molar-refractivity contribution in [1.82, 2.24) is 0 Å². The van der Waals surface area contributed by atoms with Crippen LogP contribution in [0.1, 0.15) is 30.9 Å². The maximum atomic E-state index is 13.1. The van der Waals surface area contributed by atoms with E-state index < -0.39 is 17.5 Å². The van der Waals surface area contributed by atoms with Gasteiger partial charge in [-0.3, -0.25) is 0 Å². The summed E-state index contributed by atoms with van der Waals surface area (Å²) in [5, 5.41) is 3.06. The molecule has 0 radical (unpaired) electrons. The number of halogens is 3. The molecule has 0 bridgehead atoms. The van der Waals surface area contributed by atoms with E-state index in [2.05, 4.69) is 12.2 Å². The molecule has 0 fully saturated rings. The molecule has 0 aliphatic rings. The Balaban J connectivity index is 1.96. The Morgan fingerprint density at radius 2 is 1.52 bits per heavy atom. The number of rotatable bonds is 6. The van der Waals surface area contributed by atoms with Crippen LogP contribution < -0.4 is 5.32 Å².